The summed E-state index contributed by atoms with van der Waals surface area (Å²) >= 11 is 0. The Labute approximate surface area is 222 Å². The number of phenols is 2. The Hall–Kier alpha value is -4.23. The lowest BCUT2D eigenvalue weighted by atomic mass is 9.79. The van der Waals surface area contributed by atoms with Crippen LogP contribution in [0.4, 0.5) is 0 Å². The molecule has 0 aliphatic heterocycles. The number of allylic oxidation sites excluding steroid dienone is 2. The maximum atomic E-state index is 12.2. The van der Waals surface area contributed by atoms with Crippen molar-refractivity contribution in [3.05, 3.63) is 59.7 Å². The van der Waals surface area contributed by atoms with Gasteiger partial charge in [-0.1, -0.05) is 24.3 Å². The Morgan fingerprint density at radius 1 is 0.846 bits per heavy atom. The van der Waals surface area contributed by atoms with Crippen LogP contribution < -0.4 is 9.78 Å². The van der Waals surface area contributed by atoms with Crippen LogP contribution in [0.25, 0.3) is 12.2 Å². The second kappa shape index (κ2) is 12.5. The highest BCUT2D eigenvalue weighted by molar-refractivity contribution is 5.92. The van der Waals surface area contributed by atoms with Crippen LogP contribution in [-0.2, 0) is 24.2 Å². The zero-order valence-corrected chi connectivity index (χ0v) is 21.0. The minimum atomic E-state index is -2.25. The van der Waals surface area contributed by atoms with Crippen LogP contribution in [0.5, 0.6) is 23.0 Å². The zero-order valence-electron chi connectivity index (χ0n) is 21.0. The summed E-state index contributed by atoms with van der Waals surface area (Å²) in [5.41, 5.74) is -1.33. The third kappa shape index (κ3) is 7.65. The van der Waals surface area contributed by atoms with Crippen molar-refractivity contribution in [1.82, 2.24) is 0 Å². The van der Waals surface area contributed by atoms with Crippen LogP contribution in [-0.4, -0.2) is 67.0 Å². The average molecular weight is 545 g/mol. The van der Waals surface area contributed by atoms with E-state index in [0.717, 1.165) is 0 Å². The molecule has 0 saturated heterocycles. The van der Waals surface area contributed by atoms with Crippen LogP contribution in [0.3, 0.4) is 0 Å². The summed E-state index contributed by atoms with van der Waals surface area (Å²) in [4.78, 5) is 55.4. The molecule has 12 nitrogen and oxygen atoms in total. The summed E-state index contributed by atoms with van der Waals surface area (Å²) in [6, 6.07) is 8.14. The molecule has 0 aromatic heterocycles. The zero-order chi connectivity index (χ0) is 28.7. The lowest BCUT2D eigenvalue weighted by Crippen LogP contribution is -2.58. The van der Waals surface area contributed by atoms with Gasteiger partial charge in [-0.25, -0.2) is 4.79 Å². The lowest BCUT2D eigenvalue weighted by Gasteiger charge is -2.40. The van der Waals surface area contributed by atoms with E-state index in [9.17, 15) is 39.9 Å². The molecular formula is C27H28O12. The van der Waals surface area contributed by atoms with Crippen LogP contribution in [0.2, 0.25) is 0 Å². The summed E-state index contributed by atoms with van der Waals surface area (Å²) in [6.45, 7) is 2.71. The normalized spacial score (nSPS) is 23.1. The quantitative estimate of drug-likeness (QED) is 0.158. The third-order valence-corrected chi connectivity index (χ3v) is 5.78. The predicted molar refractivity (Wildman–Crippen MR) is 134 cm³/mol. The van der Waals surface area contributed by atoms with E-state index in [1.54, 1.807) is 0 Å². The topological polar surface area (TPSA) is 189 Å². The highest BCUT2D eigenvalue weighted by atomic mass is 17.2. The molecule has 2 aromatic carbocycles. The SMILES string of the molecule is CC(=O)/C=C/c1ccc(O)c(OO[C@H]2C[C@@](OOc3cc(/C=C/C(C)=O)ccc3O)(C(=O)O)C[C@H](O)[C@@H]2O)c1. The molecule has 208 valence electrons. The number of aromatic hydroxyl groups is 2. The van der Waals surface area contributed by atoms with Crippen molar-refractivity contribution in [2.24, 2.45) is 0 Å². The van der Waals surface area contributed by atoms with E-state index >= 15 is 0 Å². The lowest BCUT2D eigenvalue weighted by molar-refractivity contribution is -0.343. The molecule has 0 radical (unpaired) electrons. The number of carbonyl (C=O) groups excluding carboxylic acids is 2. The van der Waals surface area contributed by atoms with Crippen LogP contribution in [0.1, 0.15) is 37.8 Å². The number of benzene rings is 2. The van der Waals surface area contributed by atoms with Crippen LogP contribution in [0, 0.1) is 0 Å². The second-order valence-corrected chi connectivity index (χ2v) is 8.99. The highest BCUT2D eigenvalue weighted by Crippen LogP contribution is 2.38. The summed E-state index contributed by atoms with van der Waals surface area (Å²) in [5.74, 6) is -3.20. The number of carboxylic acids is 1. The highest BCUT2D eigenvalue weighted by Gasteiger charge is 2.54. The van der Waals surface area contributed by atoms with E-state index in [1.165, 1.54) is 74.5 Å². The minimum absolute atomic E-state index is 0.202. The molecule has 0 spiro atoms. The van der Waals surface area contributed by atoms with Gasteiger partial charge in [0.15, 0.2) is 23.1 Å². The first-order valence-corrected chi connectivity index (χ1v) is 11.7. The second-order valence-electron chi connectivity index (χ2n) is 8.99. The van der Waals surface area contributed by atoms with Gasteiger partial charge in [0.05, 0.1) is 6.10 Å². The minimum Gasteiger partial charge on any atom is -0.504 e. The number of hydrogen-bond donors (Lipinski definition) is 5. The molecule has 2 aromatic rings. The van der Waals surface area contributed by atoms with Gasteiger partial charge >= 0.3 is 5.97 Å². The molecule has 39 heavy (non-hydrogen) atoms. The van der Waals surface area contributed by atoms with Crippen molar-refractivity contribution in [3.63, 3.8) is 0 Å². The number of phenolic OH excluding ortho intramolecular Hbond substituents is 2. The largest absolute Gasteiger partial charge is 0.504 e. The summed E-state index contributed by atoms with van der Waals surface area (Å²) in [6.07, 6.45) is -0.406. The van der Waals surface area contributed by atoms with Gasteiger partial charge in [-0.2, -0.15) is 9.78 Å². The number of aliphatic hydroxyl groups is 2. The van der Waals surface area contributed by atoms with Crippen molar-refractivity contribution in [2.45, 2.75) is 50.6 Å². The first kappa shape index (κ1) is 29.3. The fraction of sp³-hybridized carbons (Fsp3) is 0.296. The Morgan fingerprint density at radius 2 is 1.36 bits per heavy atom. The molecule has 0 heterocycles. The molecule has 0 unspecified atom stereocenters. The number of aliphatic carboxylic acids is 1. The van der Waals surface area contributed by atoms with E-state index in [0.29, 0.717) is 11.1 Å². The van der Waals surface area contributed by atoms with Crippen molar-refractivity contribution < 1.29 is 59.5 Å². The van der Waals surface area contributed by atoms with Gasteiger partial charge < -0.3 is 35.3 Å². The molecule has 4 atom stereocenters. The van der Waals surface area contributed by atoms with Crippen LogP contribution in [0.15, 0.2) is 48.6 Å². The number of carboxylic acid groups (broad SMARTS) is 1. The van der Waals surface area contributed by atoms with Crippen molar-refractivity contribution in [3.8, 4) is 23.0 Å². The first-order chi connectivity index (χ1) is 18.4. The maximum absolute atomic E-state index is 12.2. The number of aliphatic hydroxyl groups excluding tert-OH is 2. The molecule has 1 saturated carbocycles. The first-order valence-electron chi connectivity index (χ1n) is 11.7. The number of carbonyl (C=O) groups is 3. The standard InChI is InChI=1S/C27H28O12/c1-15(28)3-5-17-7-9-19(30)22(11-17)36-37-24-14-27(26(34)35,13-21(32)25(24)33)39-38-23-12-18(6-4-16(2)29)8-10-20(23)31/h3-12,21,24-25,30-33H,13-14H2,1-2H3,(H,34,35)/b5-3+,6-4+/t21-,24-,25-,27+/m0/s1. The number of rotatable bonds is 11. The van der Waals surface area contributed by atoms with Gasteiger partial charge in [0.25, 0.3) is 0 Å². The number of hydrogen-bond acceptors (Lipinski definition) is 11. The summed E-state index contributed by atoms with van der Waals surface area (Å²) in [5, 5.41) is 51.0. The molecule has 0 bridgehead atoms. The molecule has 0 amide bonds. The van der Waals surface area contributed by atoms with E-state index in [-0.39, 0.29) is 28.8 Å². The Bertz CT molecular complexity index is 1280. The van der Waals surface area contributed by atoms with E-state index in [1.807, 2.05) is 0 Å². The van der Waals surface area contributed by atoms with E-state index in [4.69, 9.17) is 19.6 Å². The fourth-order valence-corrected chi connectivity index (χ4v) is 3.67. The summed E-state index contributed by atoms with van der Waals surface area (Å²) < 4.78 is 0. The van der Waals surface area contributed by atoms with Gasteiger partial charge in [0, 0.05) is 12.8 Å². The monoisotopic (exact) mass is 544 g/mol. The third-order valence-electron chi connectivity index (χ3n) is 5.78. The number of ketones is 2. The Kier molecular flexibility index (Phi) is 9.43. The fourth-order valence-electron chi connectivity index (χ4n) is 3.67. The molecule has 5 N–H and O–H groups in total. The molecule has 1 aliphatic carbocycles. The van der Waals surface area contributed by atoms with Crippen molar-refractivity contribution in [1.29, 1.82) is 0 Å². The van der Waals surface area contributed by atoms with E-state index < -0.39 is 48.5 Å². The van der Waals surface area contributed by atoms with Crippen molar-refractivity contribution in [2.75, 3.05) is 0 Å². The molecule has 1 fully saturated rings. The van der Waals surface area contributed by atoms with Gasteiger partial charge in [-0.15, -0.1) is 0 Å². The maximum Gasteiger partial charge on any atom is 0.340 e. The summed E-state index contributed by atoms with van der Waals surface area (Å²) in [7, 11) is 0. The van der Waals surface area contributed by atoms with Crippen LogP contribution >= 0.6 is 0 Å². The Morgan fingerprint density at radius 3 is 1.85 bits per heavy atom. The molecule has 12 heteroatoms. The Balaban J connectivity index is 1.78. The van der Waals surface area contributed by atoms with Gasteiger partial charge in [-0.3, -0.25) is 9.59 Å². The molecule has 1 aliphatic rings. The van der Waals surface area contributed by atoms with Gasteiger partial charge in [0.1, 0.15) is 12.2 Å². The average Bonchev–Trinajstić information content (AvgIpc) is 2.88. The van der Waals surface area contributed by atoms with Crippen molar-refractivity contribution >= 4 is 29.7 Å². The molecular weight excluding hydrogens is 516 g/mol. The molecule has 3 rings (SSSR count). The smallest absolute Gasteiger partial charge is 0.340 e. The van der Waals surface area contributed by atoms with E-state index in [2.05, 4.69) is 0 Å². The van der Waals surface area contributed by atoms with Gasteiger partial charge in [-0.05, 0) is 61.4 Å². The van der Waals surface area contributed by atoms with Gasteiger partial charge in [0.2, 0.25) is 17.1 Å². The predicted octanol–water partition coefficient (Wildman–Crippen LogP) is 2.33.